The summed E-state index contributed by atoms with van der Waals surface area (Å²) >= 11 is 13.3. The zero-order valence-corrected chi connectivity index (χ0v) is 29.6. The van der Waals surface area contributed by atoms with Crippen LogP contribution in [0.2, 0.25) is 10.0 Å². The molecule has 3 amide bonds. The number of rotatable bonds is 11. The molecule has 11 nitrogen and oxygen atoms in total. The molecule has 5 aromatic rings. The lowest BCUT2D eigenvalue weighted by molar-refractivity contribution is -0.122. The Labute approximate surface area is 299 Å². The molecule has 0 spiro atoms. The minimum absolute atomic E-state index is 0.0352. The maximum absolute atomic E-state index is 13.1. The number of fused-ring (bicyclic) bond motifs is 1. The third-order valence-electron chi connectivity index (χ3n) is 7.78. The van der Waals surface area contributed by atoms with E-state index >= 15 is 0 Å². The first-order chi connectivity index (χ1) is 23.9. The lowest BCUT2D eigenvalue weighted by Crippen LogP contribution is -2.37. The average molecular weight is 713 g/mol. The van der Waals surface area contributed by atoms with Gasteiger partial charge in [0.05, 0.1) is 22.8 Å². The number of benzene rings is 2. The second kappa shape index (κ2) is 15.8. The molecule has 2 N–H and O–H groups in total. The lowest BCUT2D eigenvalue weighted by Gasteiger charge is -2.21. The van der Waals surface area contributed by atoms with E-state index in [0.29, 0.717) is 50.2 Å². The number of pyridine rings is 3. The van der Waals surface area contributed by atoms with Crippen LogP contribution >= 0.6 is 23.2 Å². The quantitative estimate of drug-likeness (QED) is 0.146. The molecular formula is C37H35Cl2N7O4. The number of amides is 3. The molecule has 0 unspecified atom stereocenters. The van der Waals surface area contributed by atoms with Gasteiger partial charge >= 0.3 is 0 Å². The number of likely N-dealkylation sites (N-methyl/N-ethyl adjacent to an activating group) is 1. The molecule has 0 aliphatic carbocycles. The summed E-state index contributed by atoms with van der Waals surface area (Å²) in [5.41, 5.74) is 5.17. The number of ether oxygens (including phenoxy) is 1. The zero-order valence-electron chi connectivity index (χ0n) is 28.1. The number of nitrogens with zero attached hydrogens (tertiary/aromatic N) is 5. The highest BCUT2D eigenvalue weighted by Gasteiger charge is 2.20. The molecule has 13 heteroatoms. The first-order valence-electron chi connectivity index (χ1n) is 15.5. The Bertz CT molecular complexity index is 2100. The van der Waals surface area contributed by atoms with Crippen molar-refractivity contribution in [1.29, 1.82) is 0 Å². The number of carbonyl (C=O) groups is 3. The minimum atomic E-state index is -0.483. The zero-order chi connectivity index (χ0) is 35.9. The van der Waals surface area contributed by atoms with Crippen LogP contribution in [0.1, 0.15) is 32.9 Å². The molecule has 0 fully saturated rings. The normalized spacial score (nSPS) is 11.0. The largest absolute Gasteiger partial charge is 0.487 e. The van der Waals surface area contributed by atoms with Crippen LogP contribution in [0.25, 0.3) is 17.0 Å². The van der Waals surface area contributed by atoms with E-state index in [2.05, 4.69) is 20.6 Å². The van der Waals surface area contributed by atoms with E-state index < -0.39 is 11.8 Å². The topological polar surface area (TPSA) is 130 Å². The SMILES string of the molecule is Cc1cc(N(C)C)c2cccc(OCc3c(Cl)ccc(N(C)C(=O)CNC(=O)C=Cc4ccc(NC(=O)c5cccnc5C)nc4)c3Cl)c2n1. The summed E-state index contributed by atoms with van der Waals surface area (Å²) in [6.45, 7) is 3.43. The number of para-hydroxylation sites is 1. The summed E-state index contributed by atoms with van der Waals surface area (Å²) in [6, 6.07) is 17.7. The summed E-state index contributed by atoms with van der Waals surface area (Å²) in [7, 11) is 5.51. The van der Waals surface area contributed by atoms with Gasteiger partial charge in [-0.1, -0.05) is 35.3 Å². The molecule has 3 heterocycles. The van der Waals surface area contributed by atoms with Crippen molar-refractivity contribution in [2.45, 2.75) is 20.5 Å². The van der Waals surface area contributed by atoms with Crippen LogP contribution < -0.4 is 25.2 Å². The number of aryl methyl sites for hydroxylation is 2. The van der Waals surface area contributed by atoms with Crippen molar-refractivity contribution in [3.05, 3.63) is 117 Å². The maximum atomic E-state index is 13.1. The van der Waals surface area contributed by atoms with Gasteiger partial charge < -0.3 is 25.2 Å². The molecular weight excluding hydrogens is 677 g/mol. The molecule has 256 valence electrons. The van der Waals surface area contributed by atoms with E-state index in [1.54, 1.807) is 62.6 Å². The maximum Gasteiger partial charge on any atom is 0.258 e. The number of nitrogens with one attached hydrogen (secondary N) is 2. The molecule has 0 atom stereocenters. The molecule has 0 aliphatic rings. The first-order valence-corrected chi connectivity index (χ1v) is 16.3. The van der Waals surface area contributed by atoms with E-state index in [1.165, 1.54) is 17.2 Å². The van der Waals surface area contributed by atoms with Gasteiger partial charge in [0.2, 0.25) is 11.8 Å². The van der Waals surface area contributed by atoms with Crippen LogP contribution in [0.15, 0.2) is 79.1 Å². The van der Waals surface area contributed by atoms with Crippen LogP contribution in [0.5, 0.6) is 5.75 Å². The predicted octanol–water partition coefficient (Wildman–Crippen LogP) is 6.64. The smallest absolute Gasteiger partial charge is 0.258 e. The standard InChI is InChI=1S/C37H35Cl2N7O4/c1-22-18-30(45(3)4)26-8-6-10-31(36(26)43-22)50-21-27-28(38)13-14-29(35(27)39)46(5)34(48)20-42-33(47)16-12-24-11-15-32(41-19-24)44-37(49)25-9-7-17-40-23(25)2/h6-19H,20-21H2,1-5H3,(H,42,47)(H,41,44,49). The average Bonchev–Trinajstić information content (AvgIpc) is 3.09. The van der Waals surface area contributed by atoms with Gasteiger partial charge in [0, 0.05) is 72.7 Å². The van der Waals surface area contributed by atoms with Crippen molar-refractivity contribution >= 4 is 75.1 Å². The van der Waals surface area contributed by atoms with Crippen molar-refractivity contribution in [2.24, 2.45) is 0 Å². The second-order valence-electron chi connectivity index (χ2n) is 11.5. The van der Waals surface area contributed by atoms with Gasteiger partial charge in [-0.05, 0) is 74.0 Å². The van der Waals surface area contributed by atoms with Crippen molar-refractivity contribution in [2.75, 3.05) is 42.8 Å². The first kappa shape index (κ1) is 35.8. The summed E-state index contributed by atoms with van der Waals surface area (Å²) < 4.78 is 6.20. The van der Waals surface area contributed by atoms with Crippen molar-refractivity contribution in [1.82, 2.24) is 20.3 Å². The van der Waals surface area contributed by atoms with Gasteiger partial charge in [-0.25, -0.2) is 9.97 Å². The Kier molecular flexibility index (Phi) is 11.3. The summed E-state index contributed by atoms with van der Waals surface area (Å²) in [6.07, 6.45) is 5.96. The molecule has 0 bridgehead atoms. The number of carbonyl (C=O) groups excluding carboxylic acids is 3. The lowest BCUT2D eigenvalue weighted by atomic mass is 10.1. The van der Waals surface area contributed by atoms with Crippen LogP contribution in [0.3, 0.4) is 0 Å². The fourth-order valence-corrected chi connectivity index (χ4v) is 5.68. The van der Waals surface area contributed by atoms with E-state index in [9.17, 15) is 14.4 Å². The van der Waals surface area contributed by atoms with E-state index in [0.717, 1.165) is 16.8 Å². The molecule has 50 heavy (non-hydrogen) atoms. The van der Waals surface area contributed by atoms with Crippen molar-refractivity contribution in [3.8, 4) is 5.75 Å². The van der Waals surface area contributed by atoms with Gasteiger partial charge in [0.15, 0.2) is 0 Å². The molecule has 0 saturated carbocycles. The van der Waals surface area contributed by atoms with Crippen molar-refractivity contribution < 1.29 is 19.1 Å². The summed E-state index contributed by atoms with van der Waals surface area (Å²) in [5, 5.41) is 6.88. The Morgan fingerprint density at radius 3 is 2.46 bits per heavy atom. The molecule has 5 rings (SSSR count). The van der Waals surface area contributed by atoms with Crippen LogP contribution in [-0.2, 0) is 16.2 Å². The molecule has 2 aromatic carbocycles. The van der Waals surface area contributed by atoms with Gasteiger partial charge in [-0.3, -0.25) is 19.4 Å². The Morgan fingerprint density at radius 1 is 0.940 bits per heavy atom. The fraction of sp³-hybridized carbons (Fsp3) is 0.189. The third kappa shape index (κ3) is 8.36. The number of halogens is 2. The minimum Gasteiger partial charge on any atom is -0.487 e. The Hall–Kier alpha value is -5.52. The van der Waals surface area contributed by atoms with E-state index in [-0.39, 0.29) is 24.1 Å². The van der Waals surface area contributed by atoms with Gasteiger partial charge in [-0.2, -0.15) is 0 Å². The van der Waals surface area contributed by atoms with E-state index in [1.807, 2.05) is 50.2 Å². The Morgan fingerprint density at radius 2 is 1.74 bits per heavy atom. The number of hydrogen-bond acceptors (Lipinski definition) is 8. The number of anilines is 3. The molecule has 0 saturated heterocycles. The summed E-state index contributed by atoms with van der Waals surface area (Å²) in [4.78, 5) is 54.5. The summed E-state index contributed by atoms with van der Waals surface area (Å²) in [5.74, 6) is -0.288. The number of hydrogen-bond donors (Lipinski definition) is 2. The van der Waals surface area contributed by atoms with Crippen molar-refractivity contribution in [3.63, 3.8) is 0 Å². The van der Waals surface area contributed by atoms with E-state index in [4.69, 9.17) is 32.9 Å². The molecule has 3 aromatic heterocycles. The number of aromatic nitrogens is 3. The third-order valence-corrected chi connectivity index (χ3v) is 8.56. The van der Waals surface area contributed by atoms with Crippen LogP contribution in [0.4, 0.5) is 17.2 Å². The highest BCUT2D eigenvalue weighted by molar-refractivity contribution is 6.38. The van der Waals surface area contributed by atoms with Crippen LogP contribution in [0, 0.1) is 13.8 Å². The van der Waals surface area contributed by atoms with Gasteiger partial charge in [0.1, 0.15) is 23.7 Å². The Balaban J connectivity index is 1.18. The second-order valence-corrected chi connectivity index (χ2v) is 12.3. The van der Waals surface area contributed by atoms with Gasteiger partial charge in [0.25, 0.3) is 5.91 Å². The highest BCUT2D eigenvalue weighted by atomic mass is 35.5. The van der Waals surface area contributed by atoms with Crippen LogP contribution in [-0.4, -0.2) is 60.4 Å². The monoisotopic (exact) mass is 711 g/mol. The highest BCUT2D eigenvalue weighted by Crippen LogP contribution is 2.36. The van der Waals surface area contributed by atoms with Gasteiger partial charge in [-0.15, -0.1) is 0 Å². The molecule has 0 radical (unpaired) electrons. The fourth-order valence-electron chi connectivity index (χ4n) is 5.07. The molecule has 0 aliphatic heterocycles. The predicted molar refractivity (Wildman–Crippen MR) is 198 cm³/mol.